The maximum Gasteiger partial charge on any atom is 0.344 e. The minimum atomic E-state index is -4.24. The van der Waals surface area contributed by atoms with Gasteiger partial charge in [-0.2, -0.15) is 0 Å². The number of nitrogens with one attached hydrogen (secondary N) is 1. The van der Waals surface area contributed by atoms with Crippen molar-refractivity contribution in [1.29, 1.82) is 0 Å². The predicted molar refractivity (Wildman–Crippen MR) is 109 cm³/mol. The highest BCUT2D eigenvalue weighted by atomic mass is 32.2. The highest BCUT2D eigenvalue weighted by Gasteiger charge is 2.33. The third-order valence-electron chi connectivity index (χ3n) is 4.34. The summed E-state index contributed by atoms with van der Waals surface area (Å²) in [5.41, 5.74) is 1.03. The molecule has 9 nitrogen and oxygen atoms in total. The summed E-state index contributed by atoms with van der Waals surface area (Å²) in [5, 5.41) is 0. The monoisotopic (exact) mass is 439 g/mol. The van der Waals surface area contributed by atoms with Gasteiger partial charge in [0.1, 0.15) is 27.5 Å². The van der Waals surface area contributed by atoms with E-state index in [2.05, 4.69) is 4.72 Å². The molecule has 2 aromatic rings. The first-order valence-corrected chi connectivity index (χ1v) is 10.7. The molecule has 1 aromatic carbocycles. The van der Waals surface area contributed by atoms with Gasteiger partial charge in [-0.1, -0.05) is 0 Å². The summed E-state index contributed by atoms with van der Waals surface area (Å²) in [6.45, 7) is 8.26. The van der Waals surface area contributed by atoms with Crippen molar-refractivity contribution in [2.75, 3.05) is 25.0 Å². The molecule has 0 saturated heterocycles. The number of furan rings is 1. The molecular weight excluding hydrogens is 414 g/mol. The van der Waals surface area contributed by atoms with Crippen LogP contribution in [0.2, 0.25) is 0 Å². The van der Waals surface area contributed by atoms with E-state index in [1.54, 1.807) is 26.8 Å². The van der Waals surface area contributed by atoms with Crippen LogP contribution in [0.15, 0.2) is 21.4 Å². The summed E-state index contributed by atoms with van der Waals surface area (Å²) >= 11 is 0. The van der Waals surface area contributed by atoms with Crippen molar-refractivity contribution in [3.63, 3.8) is 0 Å². The second-order valence-corrected chi connectivity index (χ2v) is 8.02. The Morgan fingerprint density at radius 2 is 1.50 bits per heavy atom. The first-order valence-electron chi connectivity index (χ1n) is 9.22. The second-order valence-electron chi connectivity index (χ2n) is 6.37. The molecule has 0 aliphatic rings. The van der Waals surface area contributed by atoms with Crippen molar-refractivity contribution in [2.24, 2.45) is 0 Å². The SMILES string of the molecule is CCOC(=O)c1c(C)oc(NS(=O)(=O)c2cc(C)c(C)cc2OC)c1C(=O)OCC. The fraction of sp³-hybridized carbons (Fsp3) is 0.400. The van der Waals surface area contributed by atoms with E-state index in [4.69, 9.17) is 18.6 Å². The Kier molecular flexibility index (Phi) is 7.14. The molecule has 2 rings (SSSR count). The summed E-state index contributed by atoms with van der Waals surface area (Å²) < 4.78 is 49.0. The van der Waals surface area contributed by atoms with Crippen LogP contribution in [-0.2, 0) is 19.5 Å². The van der Waals surface area contributed by atoms with E-state index in [-0.39, 0.29) is 40.7 Å². The molecule has 1 aromatic heterocycles. The van der Waals surface area contributed by atoms with Crippen LogP contribution in [0.3, 0.4) is 0 Å². The number of hydrogen-bond acceptors (Lipinski definition) is 8. The van der Waals surface area contributed by atoms with Crippen LogP contribution in [0.5, 0.6) is 5.75 Å². The Hall–Kier alpha value is -3.01. The van der Waals surface area contributed by atoms with Gasteiger partial charge in [0, 0.05) is 0 Å². The summed E-state index contributed by atoms with van der Waals surface area (Å²) in [6, 6.07) is 3.04. The first-order chi connectivity index (χ1) is 14.1. The molecule has 0 saturated carbocycles. The highest BCUT2D eigenvalue weighted by Crippen LogP contribution is 2.33. The number of rotatable bonds is 8. The summed E-state index contributed by atoms with van der Waals surface area (Å²) in [5.74, 6) is -2.04. The number of carbonyl (C=O) groups is 2. The minimum Gasteiger partial charge on any atom is -0.495 e. The maximum atomic E-state index is 13.1. The molecule has 30 heavy (non-hydrogen) atoms. The molecule has 164 valence electrons. The molecule has 1 heterocycles. The van der Waals surface area contributed by atoms with Gasteiger partial charge in [0.25, 0.3) is 10.0 Å². The zero-order valence-corrected chi connectivity index (χ0v) is 18.6. The van der Waals surface area contributed by atoms with Crippen LogP contribution in [0.25, 0.3) is 0 Å². The van der Waals surface area contributed by atoms with Gasteiger partial charge in [-0.15, -0.1) is 0 Å². The zero-order valence-electron chi connectivity index (χ0n) is 17.7. The molecule has 0 aliphatic carbocycles. The molecule has 10 heteroatoms. The van der Waals surface area contributed by atoms with Gasteiger partial charge < -0.3 is 18.6 Å². The topological polar surface area (TPSA) is 121 Å². The van der Waals surface area contributed by atoms with E-state index in [0.29, 0.717) is 0 Å². The normalized spacial score (nSPS) is 11.1. The molecule has 0 spiro atoms. The lowest BCUT2D eigenvalue weighted by atomic mass is 10.1. The van der Waals surface area contributed by atoms with Gasteiger partial charge in [-0.05, 0) is 57.9 Å². The van der Waals surface area contributed by atoms with Crippen LogP contribution in [0, 0.1) is 20.8 Å². The molecule has 1 N–H and O–H groups in total. The van der Waals surface area contributed by atoms with Gasteiger partial charge in [0.2, 0.25) is 5.88 Å². The quantitative estimate of drug-likeness (QED) is 0.622. The maximum absolute atomic E-state index is 13.1. The third kappa shape index (κ3) is 4.59. The van der Waals surface area contributed by atoms with E-state index in [0.717, 1.165) is 11.1 Å². The standard InChI is InChI=1S/C20H25NO8S/c1-7-27-19(22)16-13(5)29-18(17(16)20(23)28-8-2)21-30(24,25)15-10-12(4)11(3)9-14(15)26-6/h9-10,21H,7-8H2,1-6H3. The predicted octanol–water partition coefficient (Wildman–Crippen LogP) is 3.37. The lowest BCUT2D eigenvalue weighted by Crippen LogP contribution is -2.18. The van der Waals surface area contributed by atoms with Crippen LogP contribution in [0.1, 0.15) is 51.5 Å². The average Bonchev–Trinajstić information content (AvgIpc) is 2.99. The van der Waals surface area contributed by atoms with Gasteiger partial charge in [-0.25, -0.2) is 22.7 Å². The Labute approximate surface area is 175 Å². The first kappa shape index (κ1) is 23.3. The minimum absolute atomic E-state index is 0.0151. The molecule has 0 radical (unpaired) electrons. The smallest absolute Gasteiger partial charge is 0.344 e. The van der Waals surface area contributed by atoms with Gasteiger partial charge >= 0.3 is 11.9 Å². The fourth-order valence-corrected chi connectivity index (χ4v) is 4.01. The lowest BCUT2D eigenvalue weighted by molar-refractivity contribution is 0.0480. The molecule has 0 unspecified atom stereocenters. The van der Waals surface area contributed by atoms with Crippen molar-refractivity contribution in [3.05, 3.63) is 40.1 Å². The molecule has 0 bridgehead atoms. The molecule has 0 amide bonds. The number of hydrogen-bond donors (Lipinski definition) is 1. The molecule has 0 fully saturated rings. The van der Waals surface area contributed by atoms with Crippen molar-refractivity contribution in [3.8, 4) is 5.75 Å². The van der Waals surface area contributed by atoms with Crippen LogP contribution < -0.4 is 9.46 Å². The number of methoxy groups -OCH3 is 1. The number of benzene rings is 1. The Balaban J connectivity index is 2.62. The number of carbonyl (C=O) groups excluding carboxylic acids is 2. The highest BCUT2D eigenvalue weighted by molar-refractivity contribution is 7.92. The van der Waals surface area contributed by atoms with E-state index >= 15 is 0 Å². The zero-order chi connectivity index (χ0) is 22.6. The summed E-state index contributed by atoms with van der Waals surface area (Å²) in [6.07, 6.45) is 0. The Morgan fingerprint density at radius 1 is 0.967 bits per heavy atom. The van der Waals surface area contributed by atoms with E-state index in [9.17, 15) is 18.0 Å². The van der Waals surface area contributed by atoms with Gasteiger partial charge in [-0.3, -0.25) is 0 Å². The van der Waals surface area contributed by atoms with E-state index in [1.165, 1.54) is 20.1 Å². The number of sulfonamides is 1. The number of anilines is 1. The number of ether oxygens (including phenoxy) is 3. The van der Waals surface area contributed by atoms with Gasteiger partial charge in [0.05, 0.1) is 20.3 Å². The van der Waals surface area contributed by atoms with Crippen LogP contribution in [0.4, 0.5) is 5.88 Å². The van der Waals surface area contributed by atoms with E-state index in [1.807, 2.05) is 6.92 Å². The number of esters is 2. The molecule has 0 atom stereocenters. The molecule has 0 aliphatic heterocycles. The van der Waals surface area contributed by atoms with Crippen LogP contribution >= 0.6 is 0 Å². The average molecular weight is 439 g/mol. The van der Waals surface area contributed by atoms with Gasteiger partial charge in [0.15, 0.2) is 0 Å². The van der Waals surface area contributed by atoms with Crippen LogP contribution in [-0.4, -0.2) is 40.7 Å². The van der Waals surface area contributed by atoms with Crippen molar-refractivity contribution < 1.29 is 36.6 Å². The molecular formula is C20H25NO8S. The van der Waals surface area contributed by atoms with E-state index < -0.39 is 27.8 Å². The Morgan fingerprint density at radius 3 is 2.03 bits per heavy atom. The lowest BCUT2D eigenvalue weighted by Gasteiger charge is -2.13. The third-order valence-corrected chi connectivity index (χ3v) is 5.69. The fourth-order valence-electron chi connectivity index (χ4n) is 2.77. The number of aryl methyl sites for hydroxylation is 3. The largest absolute Gasteiger partial charge is 0.495 e. The van der Waals surface area contributed by atoms with Crippen molar-refractivity contribution in [1.82, 2.24) is 0 Å². The second kappa shape index (κ2) is 9.21. The summed E-state index contributed by atoms with van der Waals surface area (Å²) in [7, 11) is -2.89. The van der Waals surface area contributed by atoms with Crippen molar-refractivity contribution in [2.45, 2.75) is 39.5 Å². The Bertz CT molecular complexity index is 1070. The summed E-state index contributed by atoms with van der Waals surface area (Å²) in [4.78, 5) is 24.7. The van der Waals surface area contributed by atoms with Crippen molar-refractivity contribution >= 4 is 27.8 Å².